The molecule has 0 fully saturated rings. The van der Waals surface area contributed by atoms with Crippen LogP contribution in [0.15, 0.2) is 42.5 Å². The minimum Gasteiger partial charge on any atom is -0.457 e. The van der Waals surface area contributed by atoms with Crippen LogP contribution in [0.2, 0.25) is 0 Å². The average Bonchev–Trinajstić information content (AvgIpc) is 2.48. The van der Waals surface area contributed by atoms with E-state index in [0.717, 1.165) is 11.1 Å². The summed E-state index contributed by atoms with van der Waals surface area (Å²) in [7, 11) is 0. The molecule has 0 saturated heterocycles. The Balaban J connectivity index is 2.05. The fourth-order valence-corrected chi connectivity index (χ4v) is 1.78. The van der Waals surface area contributed by atoms with Crippen molar-refractivity contribution >= 4 is 11.7 Å². The summed E-state index contributed by atoms with van der Waals surface area (Å²) >= 11 is 0. The van der Waals surface area contributed by atoms with Crippen molar-refractivity contribution in [3.05, 3.63) is 64.7 Å². The molecule has 100 valence electrons. The molecule has 0 aliphatic rings. The predicted molar refractivity (Wildman–Crippen MR) is 75.9 cm³/mol. The SMILES string of the molecule is Cc1c(N)cccc1C(=O)OCc1ccc(C#N)cc1. The van der Waals surface area contributed by atoms with Gasteiger partial charge in [-0.2, -0.15) is 5.26 Å². The molecule has 2 aromatic rings. The van der Waals surface area contributed by atoms with Gasteiger partial charge in [-0.15, -0.1) is 0 Å². The molecule has 0 aliphatic heterocycles. The summed E-state index contributed by atoms with van der Waals surface area (Å²) in [5.74, 6) is -0.404. The quantitative estimate of drug-likeness (QED) is 0.684. The standard InChI is InChI=1S/C16H14N2O2/c1-11-14(3-2-4-15(11)18)16(19)20-10-13-7-5-12(9-17)6-8-13/h2-8H,10,18H2,1H3. The summed E-state index contributed by atoms with van der Waals surface area (Å²) in [6.07, 6.45) is 0. The lowest BCUT2D eigenvalue weighted by Gasteiger charge is -2.08. The highest BCUT2D eigenvalue weighted by Gasteiger charge is 2.11. The van der Waals surface area contributed by atoms with E-state index in [1.165, 1.54) is 0 Å². The summed E-state index contributed by atoms with van der Waals surface area (Å²) in [5.41, 5.74) is 8.93. The molecule has 0 heterocycles. The summed E-state index contributed by atoms with van der Waals surface area (Å²) < 4.78 is 5.25. The van der Waals surface area contributed by atoms with Crippen LogP contribution in [0.4, 0.5) is 5.69 Å². The number of esters is 1. The summed E-state index contributed by atoms with van der Waals surface area (Å²) in [6.45, 7) is 1.95. The largest absolute Gasteiger partial charge is 0.457 e. The van der Waals surface area contributed by atoms with Crippen molar-refractivity contribution in [1.29, 1.82) is 5.26 Å². The van der Waals surface area contributed by atoms with Crippen molar-refractivity contribution in [3.8, 4) is 6.07 Å². The van der Waals surface area contributed by atoms with E-state index in [2.05, 4.69) is 0 Å². The zero-order valence-corrected chi connectivity index (χ0v) is 11.1. The van der Waals surface area contributed by atoms with Crippen LogP contribution in [0.1, 0.15) is 27.0 Å². The second-order valence-electron chi connectivity index (χ2n) is 4.40. The van der Waals surface area contributed by atoms with E-state index in [0.29, 0.717) is 16.8 Å². The Morgan fingerprint density at radius 3 is 2.60 bits per heavy atom. The van der Waals surface area contributed by atoms with E-state index in [1.54, 1.807) is 49.4 Å². The Labute approximate surface area is 117 Å². The number of nitrogens with two attached hydrogens (primary N) is 1. The molecule has 20 heavy (non-hydrogen) atoms. The molecule has 4 heteroatoms. The van der Waals surface area contributed by atoms with Crippen molar-refractivity contribution in [3.63, 3.8) is 0 Å². The number of hydrogen-bond donors (Lipinski definition) is 1. The topological polar surface area (TPSA) is 76.1 Å². The molecule has 0 saturated carbocycles. The van der Waals surface area contributed by atoms with Crippen LogP contribution in [0.3, 0.4) is 0 Å². The lowest BCUT2D eigenvalue weighted by atomic mass is 10.1. The van der Waals surface area contributed by atoms with Gasteiger partial charge < -0.3 is 10.5 Å². The molecule has 0 atom stereocenters. The molecular weight excluding hydrogens is 252 g/mol. The van der Waals surface area contributed by atoms with E-state index in [1.807, 2.05) is 6.07 Å². The van der Waals surface area contributed by atoms with Gasteiger partial charge in [0, 0.05) is 5.69 Å². The van der Waals surface area contributed by atoms with Gasteiger partial charge in [0.1, 0.15) is 6.61 Å². The lowest BCUT2D eigenvalue weighted by Crippen LogP contribution is -2.08. The maximum absolute atomic E-state index is 12.0. The van der Waals surface area contributed by atoms with Gasteiger partial charge in [-0.1, -0.05) is 18.2 Å². The Morgan fingerprint density at radius 2 is 1.95 bits per heavy atom. The number of rotatable bonds is 3. The number of carbonyl (C=O) groups excluding carboxylic acids is 1. The predicted octanol–water partition coefficient (Wildman–Crippen LogP) is 2.81. The van der Waals surface area contributed by atoms with E-state index in [9.17, 15) is 4.79 Å². The Morgan fingerprint density at radius 1 is 1.25 bits per heavy atom. The zero-order valence-electron chi connectivity index (χ0n) is 11.1. The van der Waals surface area contributed by atoms with E-state index >= 15 is 0 Å². The first-order valence-electron chi connectivity index (χ1n) is 6.13. The van der Waals surface area contributed by atoms with Crippen molar-refractivity contribution in [2.45, 2.75) is 13.5 Å². The van der Waals surface area contributed by atoms with E-state index in [4.69, 9.17) is 15.7 Å². The first-order chi connectivity index (χ1) is 9.61. The molecule has 0 spiro atoms. The van der Waals surface area contributed by atoms with Gasteiger partial charge >= 0.3 is 5.97 Å². The van der Waals surface area contributed by atoms with Gasteiger partial charge in [-0.25, -0.2) is 4.79 Å². The molecule has 0 aliphatic carbocycles. The molecule has 0 unspecified atom stereocenters. The number of benzene rings is 2. The number of hydrogen-bond acceptors (Lipinski definition) is 4. The number of nitrogens with zero attached hydrogens (tertiary/aromatic N) is 1. The second kappa shape index (κ2) is 5.89. The van der Waals surface area contributed by atoms with Crippen molar-refractivity contribution in [2.24, 2.45) is 0 Å². The molecule has 0 bridgehead atoms. The summed E-state index contributed by atoms with van der Waals surface area (Å²) in [4.78, 5) is 12.0. The molecule has 0 amide bonds. The minimum absolute atomic E-state index is 0.165. The zero-order chi connectivity index (χ0) is 14.5. The third-order valence-corrected chi connectivity index (χ3v) is 3.05. The summed E-state index contributed by atoms with van der Waals surface area (Å²) in [5, 5.41) is 8.70. The number of nitrogen functional groups attached to an aromatic ring is 1. The van der Waals surface area contributed by atoms with Gasteiger partial charge in [0.15, 0.2) is 0 Å². The highest BCUT2D eigenvalue weighted by Crippen LogP contribution is 2.17. The number of anilines is 1. The van der Waals surface area contributed by atoms with Crippen molar-refractivity contribution in [1.82, 2.24) is 0 Å². The van der Waals surface area contributed by atoms with Gasteiger partial charge in [0.2, 0.25) is 0 Å². The Kier molecular flexibility index (Phi) is 4.02. The summed E-state index contributed by atoms with van der Waals surface area (Å²) in [6, 6.07) is 14.1. The van der Waals surface area contributed by atoms with Crippen LogP contribution in [0.25, 0.3) is 0 Å². The van der Waals surface area contributed by atoms with Gasteiger partial charge in [0.25, 0.3) is 0 Å². The first-order valence-corrected chi connectivity index (χ1v) is 6.13. The molecule has 2 rings (SSSR count). The van der Waals surface area contributed by atoms with Gasteiger partial charge in [0.05, 0.1) is 17.2 Å². The van der Waals surface area contributed by atoms with Gasteiger partial charge in [-0.3, -0.25) is 0 Å². The number of carbonyl (C=O) groups is 1. The fourth-order valence-electron chi connectivity index (χ4n) is 1.78. The average molecular weight is 266 g/mol. The smallest absolute Gasteiger partial charge is 0.338 e. The van der Waals surface area contributed by atoms with Crippen LogP contribution >= 0.6 is 0 Å². The van der Waals surface area contributed by atoms with Crippen LogP contribution in [-0.2, 0) is 11.3 Å². The molecule has 0 aromatic heterocycles. The molecule has 2 aromatic carbocycles. The Hall–Kier alpha value is -2.80. The maximum atomic E-state index is 12.0. The normalized spacial score (nSPS) is 9.80. The lowest BCUT2D eigenvalue weighted by molar-refractivity contribution is 0.0472. The molecule has 2 N–H and O–H groups in total. The second-order valence-corrected chi connectivity index (χ2v) is 4.40. The van der Waals surface area contributed by atoms with Gasteiger partial charge in [-0.05, 0) is 42.3 Å². The monoisotopic (exact) mass is 266 g/mol. The molecular formula is C16H14N2O2. The maximum Gasteiger partial charge on any atom is 0.338 e. The van der Waals surface area contributed by atoms with Crippen LogP contribution in [0, 0.1) is 18.3 Å². The number of nitriles is 1. The molecule has 4 nitrogen and oxygen atoms in total. The number of ether oxygens (including phenoxy) is 1. The van der Waals surface area contributed by atoms with E-state index < -0.39 is 5.97 Å². The highest BCUT2D eigenvalue weighted by molar-refractivity contribution is 5.92. The van der Waals surface area contributed by atoms with Crippen LogP contribution < -0.4 is 5.73 Å². The molecule has 0 radical (unpaired) electrons. The Bertz CT molecular complexity index is 670. The third-order valence-electron chi connectivity index (χ3n) is 3.05. The fraction of sp³-hybridized carbons (Fsp3) is 0.125. The van der Waals surface area contributed by atoms with Crippen LogP contribution in [-0.4, -0.2) is 5.97 Å². The third kappa shape index (κ3) is 2.96. The minimum atomic E-state index is -0.404. The van der Waals surface area contributed by atoms with Crippen molar-refractivity contribution in [2.75, 3.05) is 5.73 Å². The van der Waals surface area contributed by atoms with Crippen molar-refractivity contribution < 1.29 is 9.53 Å². The first kappa shape index (κ1) is 13.6. The van der Waals surface area contributed by atoms with E-state index in [-0.39, 0.29) is 6.61 Å². The van der Waals surface area contributed by atoms with Crippen LogP contribution in [0.5, 0.6) is 0 Å². The highest BCUT2D eigenvalue weighted by atomic mass is 16.5.